The molecule has 5 aromatic rings. The second-order valence-corrected chi connectivity index (χ2v) is 7.27. The summed E-state index contributed by atoms with van der Waals surface area (Å²) in [6, 6.07) is 14.5. The number of nitrogens with one attached hydrogen (secondary N) is 2. The van der Waals surface area contributed by atoms with E-state index < -0.39 is 0 Å². The Morgan fingerprint density at radius 2 is 1.90 bits per heavy atom. The smallest absolute Gasteiger partial charge is 0.182 e. The van der Waals surface area contributed by atoms with Crippen LogP contribution in [0.5, 0.6) is 0 Å². The quantitative estimate of drug-likeness (QED) is 0.436. The van der Waals surface area contributed by atoms with Gasteiger partial charge in [0.05, 0.1) is 23.6 Å². The van der Waals surface area contributed by atoms with Crippen LogP contribution in [-0.2, 0) is 0 Å². The van der Waals surface area contributed by atoms with Gasteiger partial charge in [0.1, 0.15) is 17.7 Å². The number of imidazole rings is 1. The van der Waals surface area contributed by atoms with Gasteiger partial charge in [-0.2, -0.15) is 0 Å². The summed E-state index contributed by atoms with van der Waals surface area (Å²) in [6.07, 6.45) is 3.07. The minimum atomic E-state index is -0.292. The number of aromatic amines is 1. The molecule has 0 aliphatic heterocycles. The van der Waals surface area contributed by atoms with Gasteiger partial charge in [-0.3, -0.25) is 0 Å². The van der Waals surface area contributed by atoms with Crippen molar-refractivity contribution in [3.05, 3.63) is 78.1 Å². The van der Waals surface area contributed by atoms with Crippen molar-refractivity contribution in [2.75, 3.05) is 5.32 Å². The average Bonchev–Trinajstić information content (AvgIpc) is 3.23. The highest BCUT2D eigenvalue weighted by molar-refractivity contribution is 5.87. The maximum atomic E-state index is 14.0. The van der Waals surface area contributed by atoms with Crippen LogP contribution >= 0.6 is 0 Å². The zero-order valence-electron chi connectivity index (χ0n) is 16.5. The average molecular weight is 398 g/mol. The number of anilines is 1. The van der Waals surface area contributed by atoms with Crippen molar-refractivity contribution in [1.82, 2.24) is 24.9 Å². The first-order valence-corrected chi connectivity index (χ1v) is 9.67. The van der Waals surface area contributed by atoms with Crippen LogP contribution in [0.15, 0.2) is 61.2 Å². The second-order valence-electron chi connectivity index (χ2n) is 7.27. The molecular weight excluding hydrogens is 379 g/mol. The molecule has 2 N–H and O–H groups in total. The van der Waals surface area contributed by atoms with Crippen molar-refractivity contribution in [2.24, 2.45) is 0 Å². The maximum absolute atomic E-state index is 14.0. The molecular formula is C23H19FN6. The second kappa shape index (κ2) is 7.18. The zero-order valence-corrected chi connectivity index (χ0v) is 16.5. The lowest BCUT2D eigenvalue weighted by Crippen LogP contribution is -2.11. The molecule has 0 saturated heterocycles. The lowest BCUT2D eigenvalue weighted by atomic mass is 9.97. The minimum Gasteiger partial charge on any atom is -0.362 e. The highest BCUT2D eigenvalue weighted by atomic mass is 19.1. The molecule has 2 aromatic carbocycles. The molecule has 1 unspecified atom stereocenters. The number of aromatic nitrogens is 5. The van der Waals surface area contributed by atoms with E-state index in [-0.39, 0.29) is 11.9 Å². The van der Waals surface area contributed by atoms with Gasteiger partial charge in [0.15, 0.2) is 11.5 Å². The lowest BCUT2D eigenvalue weighted by molar-refractivity contribution is 0.628. The summed E-state index contributed by atoms with van der Waals surface area (Å²) in [7, 11) is 0. The van der Waals surface area contributed by atoms with Crippen LogP contribution in [0.4, 0.5) is 10.2 Å². The van der Waals surface area contributed by atoms with Crippen LogP contribution in [-0.4, -0.2) is 24.9 Å². The molecule has 0 saturated carbocycles. The van der Waals surface area contributed by atoms with E-state index in [1.165, 1.54) is 18.5 Å². The Morgan fingerprint density at radius 1 is 1.03 bits per heavy atom. The molecule has 6 nitrogen and oxygen atoms in total. The third kappa shape index (κ3) is 3.14. The van der Waals surface area contributed by atoms with Crippen molar-refractivity contribution in [2.45, 2.75) is 19.9 Å². The van der Waals surface area contributed by atoms with E-state index in [1.54, 1.807) is 12.4 Å². The van der Waals surface area contributed by atoms with E-state index in [4.69, 9.17) is 4.98 Å². The van der Waals surface area contributed by atoms with Crippen molar-refractivity contribution in [3.8, 4) is 11.3 Å². The van der Waals surface area contributed by atoms with Crippen molar-refractivity contribution in [3.63, 3.8) is 0 Å². The lowest BCUT2D eigenvalue weighted by Gasteiger charge is -2.20. The maximum Gasteiger partial charge on any atom is 0.182 e. The zero-order chi connectivity index (χ0) is 20.7. The summed E-state index contributed by atoms with van der Waals surface area (Å²) >= 11 is 0. The Labute approximate surface area is 172 Å². The number of hydrogen-bond acceptors (Lipinski definition) is 5. The predicted molar refractivity (Wildman–Crippen MR) is 116 cm³/mol. The first-order chi connectivity index (χ1) is 14.6. The van der Waals surface area contributed by atoms with E-state index >= 15 is 0 Å². The summed E-state index contributed by atoms with van der Waals surface area (Å²) < 4.78 is 14.0. The molecule has 0 spiro atoms. The summed E-state index contributed by atoms with van der Waals surface area (Å²) in [5.41, 5.74) is 5.77. The highest BCUT2D eigenvalue weighted by Crippen LogP contribution is 2.33. The third-order valence-electron chi connectivity index (χ3n) is 5.25. The summed E-state index contributed by atoms with van der Waals surface area (Å²) in [4.78, 5) is 20.7. The number of rotatable bonds is 4. The van der Waals surface area contributed by atoms with E-state index in [0.29, 0.717) is 11.5 Å². The van der Waals surface area contributed by atoms with Gasteiger partial charge in [-0.1, -0.05) is 24.3 Å². The van der Waals surface area contributed by atoms with Gasteiger partial charge in [-0.05, 0) is 43.7 Å². The van der Waals surface area contributed by atoms with Crippen LogP contribution in [0.3, 0.4) is 0 Å². The summed E-state index contributed by atoms with van der Waals surface area (Å²) in [5.74, 6) is 0.361. The number of halogens is 1. The SMILES string of the molecule is Cc1cccc2nc(-c3cccc(F)c3)c(C(C)Nc3ncnc4nc[nH]c34)cc12. The molecule has 0 radical (unpaired) electrons. The fourth-order valence-corrected chi connectivity index (χ4v) is 3.71. The standard InChI is InChI=1S/C23H19FN6/c1-13-5-3-8-19-17(13)10-18(20(30-19)15-6-4-7-16(24)9-15)14(2)29-23-21-22(26-11-25-21)27-12-28-23/h3-12,14H,1-2H3,(H2,25,26,27,28,29). The molecule has 0 aliphatic carbocycles. The monoisotopic (exact) mass is 398 g/mol. The Balaban J connectivity index is 1.67. The van der Waals surface area contributed by atoms with Crippen LogP contribution in [0.25, 0.3) is 33.3 Å². The van der Waals surface area contributed by atoms with Gasteiger partial charge in [0.2, 0.25) is 0 Å². The Bertz CT molecular complexity index is 1380. The Kier molecular flexibility index (Phi) is 4.35. The Morgan fingerprint density at radius 3 is 2.77 bits per heavy atom. The molecule has 1 atom stereocenters. The van der Waals surface area contributed by atoms with Crippen LogP contribution in [0, 0.1) is 12.7 Å². The molecule has 7 heteroatoms. The molecule has 0 fully saturated rings. The number of pyridine rings is 1. The molecule has 148 valence electrons. The number of hydrogen-bond donors (Lipinski definition) is 2. The molecule has 3 heterocycles. The predicted octanol–water partition coefficient (Wildman–Crippen LogP) is 5.19. The Hall–Kier alpha value is -3.87. The number of fused-ring (bicyclic) bond motifs is 2. The first kappa shape index (κ1) is 18.2. The van der Waals surface area contributed by atoms with E-state index in [1.807, 2.05) is 25.1 Å². The molecule has 0 amide bonds. The number of benzene rings is 2. The fourth-order valence-electron chi connectivity index (χ4n) is 3.71. The van der Waals surface area contributed by atoms with Gasteiger partial charge in [-0.25, -0.2) is 24.3 Å². The normalized spacial score (nSPS) is 12.4. The van der Waals surface area contributed by atoms with Gasteiger partial charge in [0, 0.05) is 16.5 Å². The molecule has 0 aliphatic rings. The van der Waals surface area contributed by atoms with Crippen molar-refractivity contribution in [1.29, 1.82) is 0 Å². The topological polar surface area (TPSA) is 79.4 Å². The van der Waals surface area contributed by atoms with E-state index in [0.717, 1.165) is 38.8 Å². The number of aryl methyl sites for hydroxylation is 1. The van der Waals surface area contributed by atoms with Gasteiger partial charge >= 0.3 is 0 Å². The number of nitrogens with zero attached hydrogens (tertiary/aromatic N) is 4. The highest BCUT2D eigenvalue weighted by Gasteiger charge is 2.18. The molecule has 5 rings (SSSR count). The molecule has 30 heavy (non-hydrogen) atoms. The third-order valence-corrected chi connectivity index (χ3v) is 5.25. The number of H-pyrrole nitrogens is 1. The molecule has 0 bridgehead atoms. The van der Waals surface area contributed by atoms with E-state index in [2.05, 4.69) is 44.3 Å². The fraction of sp³-hybridized carbons (Fsp3) is 0.130. The first-order valence-electron chi connectivity index (χ1n) is 9.67. The minimum absolute atomic E-state index is 0.152. The van der Waals surface area contributed by atoms with Crippen molar-refractivity contribution >= 4 is 27.9 Å². The van der Waals surface area contributed by atoms with Crippen LogP contribution in [0.1, 0.15) is 24.1 Å². The van der Waals surface area contributed by atoms with Gasteiger partial charge in [0.25, 0.3) is 0 Å². The van der Waals surface area contributed by atoms with Crippen LogP contribution < -0.4 is 5.32 Å². The summed E-state index contributed by atoms with van der Waals surface area (Å²) in [6.45, 7) is 4.10. The largest absolute Gasteiger partial charge is 0.362 e. The molecule has 3 aromatic heterocycles. The summed E-state index contributed by atoms with van der Waals surface area (Å²) in [5, 5.41) is 4.51. The van der Waals surface area contributed by atoms with Crippen LogP contribution in [0.2, 0.25) is 0 Å². The van der Waals surface area contributed by atoms with E-state index in [9.17, 15) is 4.39 Å². The van der Waals surface area contributed by atoms with Gasteiger partial charge in [-0.15, -0.1) is 0 Å². The van der Waals surface area contributed by atoms with Crippen molar-refractivity contribution < 1.29 is 4.39 Å². The van der Waals surface area contributed by atoms with Gasteiger partial charge < -0.3 is 10.3 Å².